The minimum absolute atomic E-state index is 0.186. The Kier molecular flexibility index (Phi) is 13.1. The van der Waals surface area contributed by atoms with Gasteiger partial charge in [-0.1, -0.05) is 86.0 Å². The highest BCUT2D eigenvalue weighted by molar-refractivity contribution is 5.98. The van der Waals surface area contributed by atoms with Gasteiger partial charge in [0.05, 0.1) is 30.7 Å². The highest BCUT2D eigenvalue weighted by Crippen LogP contribution is 2.39. The first-order chi connectivity index (χ1) is 20.0. The van der Waals surface area contributed by atoms with Crippen molar-refractivity contribution < 1.29 is 19.4 Å². The number of nitrogens with zero attached hydrogens (tertiary/aromatic N) is 2. The molecule has 0 atom stereocenters. The number of hydrogen-bond acceptors (Lipinski definition) is 6. The smallest absolute Gasteiger partial charge is 0.259 e. The number of methoxy groups -OCH3 is 2. The molecular formula is C35H45N3O4. The first kappa shape index (κ1) is 33.9. The van der Waals surface area contributed by atoms with Crippen molar-refractivity contribution in [2.45, 2.75) is 26.4 Å². The fraction of sp³-hybridized carbons (Fsp3) is 0.286. The van der Waals surface area contributed by atoms with Crippen molar-refractivity contribution >= 4 is 5.91 Å². The number of rotatable bonds is 16. The van der Waals surface area contributed by atoms with E-state index in [9.17, 15) is 9.90 Å². The van der Waals surface area contributed by atoms with Crippen LogP contribution in [0.3, 0.4) is 0 Å². The first-order valence-electron chi connectivity index (χ1n) is 13.8. The van der Waals surface area contributed by atoms with Gasteiger partial charge in [0.15, 0.2) is 5.60 Å². The van der Waals surface area contributed by atoms with Gasteiger partial charge in [-0.15, -0.1) is 0 Å². The topological polar surface area (TPSA) is 74.3 Å². The molecule has 0 heterocycles. The molecule has 7 nitrogen and oxygen atoms in total. The predicted octanol–water partition coefficient (Wildman–Crippen LogP) is 5.86. The Morgan fingerprint density at radius 3 is 2.00 bits per heavy atom. The Bertz CT molecular complexity index is 1280. The van der Waals surface area contributed by atoms with E-state index in [1.54, 1.807) is 25.5 Å². The third-order valence-corrected chi connectivity index (χ3v) is 6.80. The van der Waals surface area contributed by atoms with Gasteiger partial charge < -0.3 is 29.7 Å². The number of hydrogen-bond donors (Lipinski definition) is 2. The molecule has 0 saturated carbocycles. The highest BCUT2D eigenvalue weighted by atomic mass is 16.5. The Morgan fingerprint density at radius 1 is 1.02 bits per heavy atom. The van der Waals surface area contributed by atoms with Gasteiger partial charge in [-0.3, -0.25) is 4.79 Å². The summed E-state index contributed by atoms with van der Waals surface area (Å²) in [7, 11) is 4.98. The second-order valence-electron chi connectivity index (χ2n) is 9.92. The normalized spacial score (nSPS) is 11.8. The van der Waals surface area contributed by atoms with E-state index in [-0.39, 0.29) is 11.3 Å². The number of allylic oxidation sites excluding steroid dienone is 3. The largest absolute Gasteiger partial charge is 0.497 e. The second kappa shape index (κ2) is 16.2. The number of benzene rings is 2. The molecule has 0 unspecified atom stereocenters. The Hall–Kier alpha value is -4.33. The van der Waals surface area contributed by atoms with Gasteiger partial charge in [-0.05, 0) is 44.1 Å². The number of carbonyl (C=O) groups excluding carboxylic acids is 1. The van der Waals surface area contributed by atoms with Gasteiger partial charge in [0, 0.05) is 39.1 Å². The Balaban J connectivity index is 2.62. The number of likely N-dealkylation sites (N-methyl/N-ethyl adjacent to an activating group) is 2. The molecule has 0 bridgehead atoms. The van der Waals surface area contributed by atoms with Crippen LogP contribution < -0.4 is 5.32 Å². The zero-order valence-electron chi connectivity index (χ0n) is 25.8. The molecule has 2 N–H and O–H groups in total. The van der Waals surface area contributed by atoms with Crippen molar-refractivity contribution in [1.82, 2.24) is 15.1 Å². The molecule has 0 aliphatic heterocycles. The maximum absolute atomic E-state index is 13.6. The van der Waals surface area contributed by atoms with Crippen LogP contribution in [0.15, 0.2) is 133 Å². The highest BCUT2D eigenvalue weighted by Gasteiger charge is 2.38. The lowest BCUT2D eigenvalue weighted by atomic mass is 9.83. The number of amides is 1. The molecule has 0 aromatic heterocycles. The van der Waals surface area contributed by atoms with E-state index in [0.29, 0.717) is 47.9 Å². The van der Waals surface area contributed by atoms with E-state index in [4.69, 9.17) is 9.47 Å². The average molecular weight is 572 g/mol. The first-order valence-corrected chi connectivity index (χ1v) is 13.8. The molecule has 2 aromatic rings. The van der Waals surface area contributed by atoms with Gasteiger partial charge in [0.2, 0.25) is 0 Å². The molecule has 2 aromatic carbocycles. The van der Waals surface area contributed by atoms with Crippen LogP contribution in [0.25, 0.3) is 0 Å². The average Bonchev–Trinajstić information content (AvgIpc) is 3.01. The molecule has 0 fully saturated rings. The fourth-order valence-electron chi connectivity index (χ4n) is 4.44. The van der Waals surface area contributed by atoms with Crippen molar-refractivity contribution in [3.8, 4) is 0 Å². The van der Waals surface area contributed by atoms with E-state index in [1.165, 1.54) is 7.11 Å². The minimum Gasteiger partial charge on any atom is -0.497 e. The summed E-state index contributed by atoms with van der Waals surface area (Å²) in [4.78, 5) is 17.4. The van der Waals surface area contributed by atoms with Crippen LogP contribution in [0, 0.1) is 0 Å². The molecule has 2 rings (SSSR count). The molecule has 0 aliphatic rings. The van der Waals surface area contributed by atoms with E-state index < -0.39 is 11.5 Å². The molecule has 0 saturated heterocycles. The van der Waals surface area contributed by atoms with Crippen molar-refractivity contribution in [2.24, 2.45) is 0 Å². The van der Waals surface area contributed by atoms with Gasteiger partial charge in [-0.25, -0.2) is 0 Å². The summed E-state index contributed by atoms with van der Waals surface area (Å²) in [6.07, 6.45) is 5.06. The molecular weight excluding hydrogens is 526 g/mol. The third-order valence-electron chi connectivity index (χ3n) is 6.80. The van der Waals surface area contributed by atoms with Crippen LogP contribution in [-0.4, -0.2) is 61.8 Å². The zero-order valence-corrected chi connectivity index (χ0v) is 25.8. The van der Waals surface area contributed by atoms with Gasteiger partial charge >= 0.3 is 0 Å². The summed E-state index contributed by atoms with van der Waals surface area (Å²) in [5.74, 6) is -0.236. The fourth-order valence-corrected chi connectivity index (χ4v) is 4.44. The van der Waals surface area contributed by atoms with Gasteiger partial charge in [0.25, 0.3) is 5.91 Å². The van der Waals surface area contributed by atoms with Crippen LogP contribution in [0.2, 0.25) is 0 Å². The minimum atomic E-state index is -1.54. The quantitative estimate of drug-likeness (QED) is 0.149. The summed E-state index contributed by atoms with van der Waals surface area (Å²) >= 11 is 0. The van der Waals surface area contributed by atoms with E-state index in [2.05, 4.69) is 25.1 Å². The SMILES string of the molecule is C=C/C(=C\N(C)CCOC)NC(=O)/C(=C/C(=C(C)C)N(CC)C(=C)C(O)(c1ccccc1)c1ccccc1)C(=C)OC. The standard InChI is InChI=1S/C35H45N3O4/c1-10-31(25-37(7)22-23-41-8)36-34(39)32(27(5)42-9)24-33(26(3)4)38(11-2)28(6)35(40,29-18-14-12-15-19-29)30-20-16-13-17-21-30/h10,12-21,24-25,40H,1,5-6,11,22-23H2,2-4,7-9H3,(H,36,39)/b31-25+,32-24+. The van der Waals surface area contributed by atoms with Crippen molar-refractivity contribution in [3.63, 3.8) is 0 Å². The summed E-state index contributed by atoms with van der Waals surface area (Å²) in [6.45, 7) is 19.7. The van der Waals surface area contributed by atoms with Crippen LogP contribution in [0.4, 0.5) is 0 Å². The summed E-state index contributed by atoms with van der Waals surface area (Å²) in [5.41, 5.74) is 2.54. The molecule has 42 heavy (non-hydrogen) atoms. The molecule has 0 spiro atoms. The molecule has 7 heteroatoms. The van der Waals surface area contributed by atoms with Crippen LogP contribution >= 0.6 is 0 Å². The van der Waals surface area contributed by atoms with Crippen molar-refractivity contribution in [3.05, 3.63) is 144 Å². The second-order valence-corrected chi connectivity index (χ2v) is 9.92. The lowest BCUT2D eigenvalue weighted by Gasteiger charge is -2.39. The van der Waals surface area contributed by atoms with Crippen molar-refractivity contribution in [2.75, 3.05) is 41.0 Å². The summed E-state index contributed by atoms with van der Waals surface area (Å²) in [6, 6.07) is 18.9. The van der Waals surface area contributed by atoms with E-state index >= 15 is 0 Å². The van der Waals surface area contributed by atoms with Gasteiger partial charge in [-0.2, -0.15) is 0 Å². The molecule has 0 radical (unpaired) electrons. The summed E-state index contributed by atoms with van der Waals surface area (Å²) in [5, 5.41) is 15.3. The summed E-state index contributed by atoms with van der Waals surface area (Å²) < 4.78 is 10.6. The molecule has 224 valence electrons. The number of nitrogens with one attached hydrogen (secondary N) is 1. The van der Waals surface area contributed by atoms with Crippen LogP contribution in [0.5, 0.6) is 0 Å². The van der Waals surface area contributed by atoms with Crippen LogP contribution in [0.1, 0.15) is 31.9 Å². The van der Waals surface area contributed by atoms with Gasteiger partial charge in [0.1, 0.15) is 5.76 Å². The zero-order chi connectivity index (χ0) is 31.3. The predicted molar refractivity (Wildman–Crippen MR) is 171 cm³/mol. The maximum Gasteiger partial charge on any atom is 0.259 e. The Labute approximate surface area is 251 Å². The third kappa shape index (κ3) is 8.35. The molecule has 0 aliphatic carbocycles. The number of aliphatic hydroxyl groups is 1. The molecule has 1 amide bonds. The number of ether oxygens (including phenoxy) is 2. The monoisotopic (exact) mass is 571 g/mol. The van der Waals surface area contributed by atoms with E-state index in [0.717, 1.165) is 5.57 Å². The number of carbonyl (C=O) groups is 1. The lowest BCUT2D eigenvalue weighted by molar-refractivity contribution is -0.116. The lowest BCUT2D eigenvalue weighted by Crippen LogP contribution is -2.39. The van der Waals surface area contributed by atoms with Crippen LogP contribution in [-0.2, 0) is 19.9 Å². The Morgan fingerprint density at radius 2 is 1.57 bits per heavy atom. The maximum atomic E-state index is 13.6. The van der Waals surface area contributed by atoms with E-state index in [1.807, 2.05) is 98.3 Å². The van der Waals surface area contributed by atoms with Crippen molar-refractivity contribution in [1.29, 1.82) is 0 Å².